The lowest BCUT2D eigenvalue weighted by Gasteiger charge is -2.39. The van der Waals surface area contributed by atoms with Gasteiger partial charge in [0.2, 0.25) is 0 Å². The standard InChI is InChI=1S/C15H28O3/c1-10(2)12-5-6-13(15(16)17)14(9-12)11(3)7-8-18-4/h10-14H,5-9H2,1-4H3,(H,16,17). The molecule has 0 radical (unpaired) electrons. The SMILES string of the molecule is COCCC(C)C1CC(C(C)C)CCC1C(=O)O. The number of carbonyl (C=O) groups is 1. The van der Waals surface area contributed by atoms with Crippen molar-refractivity contribution in [3.8, 4) is 0 Å². The number of carboxylic acid groups (broad SMARTS) is 1. The van der Waals surface area contributed by atoms with Gasteiger partial charge in [-0.1, -0.05) is 20.8 Å². The summed E-state index contributed by atoms with van der Waals surface area (Å²) in [5.41, 5.74) is 0. The zero-order chi connectivity index (χ0) is 13.7. The minimum atomic E-state index is -0.605. The Bertz CT molecular complexity index is 262. The number of aliphatic carboxylic acids is 1. The van der Waals surface area contributed by atoms with Gasteiger partial charge in [-0.05, 0) is 49.4 Å². The van der Waals surface area contributed by atoms with Crippen LogP contribution in [0.15, 0.2) is 0 Å². The van der Waals surface area contributed by atoms with Crippen LogP contribution in [0, 0.1) is 29.6 Å². The van der Waals surface area contributed by atoms with Crippen LogP contribution in [0.25, 0.3) is 0 Å². The molecule has 0 aromatic rings. The molecule has 1 rings (SSSR count). The molecule has 0 heterocycles. The third-order valence-corrected chi connectivity index (χ3v) is 4.71. The predicted molar refractivity (Wildman–Crippen MR) is 72.5 cm³/mol. The lowest BCUT2D eigenvalue weighted by Crippen LogP contribution is -2.36. The monoisotopic (exact) mass is 256 g/mol. The number of methoxy groups -OCH3 is 1. The van der Waals surface area contributed by atoms with Crippen molar-refractivity contribution in [2.24, 2.45) is 29.6 Å². The van der Waals surface area contributed by atoms with Crippen molar-refractivity contribution in [3.05, 3.63) is 0 Å². The molecule has 0 spiro atoms. The fraction of sp³-hybridized carbons (Fsp3) is 0.933. The van der Waals surface area contributed by atoms with Crippen LogP contribution in [-0.2, 0) is 9.53 Å². The van der Waals surface area contributed by atoms with Crippen LogP contribution in [0.2, 0.25) is 0 Å². The summed E-state index contributed by atoms with van der Waals surface area (Å²) < 4.78 is 5.13. The number of ether oxygens (including phenoxy) is 1. The summed E-state index contributed by atoms with van der Waals surface area (Å²) in [5, 5.41) is 9.38. The zero-order valence-electron chi connectivity index (χ0n) is 12.2. The molecule has 0 saturated heterocycles. The molecule has 106 valence electrons. The van der Waals surface area contributed by atoms with Crippen LogP contribution in [-0.4, -0.2) is 24.8 Å². The summed E-state index contributed by atoms with van der Waals surface area (Å²) in [7, 11) is 1.71. The zero-order valence-corrected chi connectivity index (χ0v) is 12.2. The predicted octanol–water partition coefficient (Wildman–Crippen LogP) is 3.43. The lowest BCUT2D eigenvalue weighted by atomic mass is 9.66. The Labute approximate surface area is 111 Å². The van der Waals surface area contributed by atoms with Crippen molar-refractivity contribution in [1.29, 1.82) is 0 Å². The Morgan fingerprint density at radius 3 is 2.50 bits per heavy atom. The van der Waals surface area contributed by atoms with Gasteiger partial charge in [0.05, 0.1) is 5.92 Å². The van der Waals surface area contributed by atoms with Gasteiger partial charge in [0.25, 0.3) is 0 Å². The fourth-order valence-electron chi connectivity index (χ4n) is 3.30. The molecule has 4 atom stereocenters. The van der Waals surface area contributed by atoms with Crippen molar-refractivity contribution in [2.45, 2.75) is 46.5 Å². The summed E-state index contributed by atoms with van der Waals surface area (Å²) in [5.74, 6) is 1.36. The maximum atomic E-state index is 11.4. The topological polar surface area (TPSA) is 46.5 Å². The maximum absolute atomic E-state index is 11.4. The second-order valence-corrected chi connectivity index (χ2v) is 6.18. The normalized spacial score (nSPS) is 30.4. The van der Waals surface area contributed by atoms with E-state index in [-0.39, 0.29) is 5.92 Å². The van der Waals surface area contributed by atoms with Gasteiger partial charge >= 0.3 is 5.97 Å². The van der Waals surface area contributed by atoms with Crippen molar-refractivity contribution < 1.29 is 14.6 Å². The van der Waals surface area contributed by atoms with Crippen molar-refractivity contribution in [3.63, 3.8) is 0 Å². The van der Waals surface area contributed by atoms with Crippen molar-refractivity contribution >= 4 is 5.97 Å². The Balaban J connectivity index is 2.68. The van der Waals surface area contributed by atoms with E-state index in [4.69, 9.17) is 4.74 Å². The van der Waals surface area contributed by atoms with E-state index in [1.54, 1.807) is 7.11 Å². The highest BCUT2D eigenvalue weighted by Crippen LogP contribution is 2.42. The molecule has 0 amide bonds. The first-order valence-corrected chi connectivity index (χ1v) is 7.19. The minimum absolute atomic E-state index is 0.146. The molecule has 0 aromatic heterocycles. The van der Waals surface area contributed by atoms with Gasteiger partial charge in [0, 0.05) is 13.7 Å². The lowest BCUT2D eigenvalue weighted by molar-refractivity contribution is -0.146. The summed E-state index contributed by atoms with van der Waals surface area (Å²) in [6.45, 7) is 7.42. The number of rotatable bonds is 6. The van der Waals surface area contributed by atoms with Crippen molar-refractivity contribution in [2.75, 3.05) is 13.7 Å². The quantitative estimate of drug-likeness (QED) is 0.792. The first-order valence-electron chi connectivity index (χ1n) is 7.19. The van der Waals surface area contributed by atoms with Crippen LogP contribution in [0.4, 0.5) is 0 Å². The second-order valence-electron chi connectivity index (χ2n) is 6.18. The van der Waals surface area contributed by atoms with E-state index in [0.717, 1.165) is 32.3 Å². The van der Waals surface area contributed by atoms with Gasteiger partial charge in [-0.3, -0.25) is 4.79 Å². The molecule has 1 saturated carbocycles. The molecule has 3 nitrogen and oxygen atoms in total. The average Bonchev–Trinajstić information content (AvgIpc) is 2.34. The highest BCUT2D eigenvalue weighted by atomic mass is 16.5. The number of carboxylic acids is 1. The third kappa shape index (κ3) is 3.98. The van der Waals surface area contributed by atoms with Gasteiger partial charge in [-0.2, -0.15) is 0 Å². The van der Waals surface area contributed by atoms with Crippen LogP contribution >= 0.6 is 0 Å². The molecule has 1 N–H and O–H groups in total. The summed E-state index contributed by atoms with van der Waals surface area (Å²) in [6.07, 6.45) is 3.96. The van der Waals surface area contributed by atoms with Gasteiger partial charge in [0.15, 0.2) is 0 Å². The Hall–Kier alpha value is -0.570. The fourth-order valence-corrected chi connectivity index (χ4v) is 3.30. The molecular weight excluding hydrogens is 228 g/mol. The van der Waals surface area contributed by atoms with E-state index >= 15 is 0 Å². The first kappa shape index (κ1) is 15.5. The maximum Gasteiger partial charge on any atom is 0.306 e. The van der Waals surface area contributed by atoms with Gasteiger partial charge in [0.1, 0.15) is 0 Å². The highest BCUT2D eigenvalue weighted by Gasteiger charge is 2.38. The first-order chi connectivity index (χ1) is 8.47. The third-order valence-electron chi connectivity index (χ3n) is 4.71. The molecule has 1 fully saturated rings. The second kappa shape index (κ2) is 7.13. The molecule has 4 unspecified atom stereocenters. The molecule has 18 heavy (non-hydrogen) atoms. The van der Waals surface area contributed by atoms with E-state index in [0.29, 0.717) is 23.7 Å². The summed E-state index contributed by atoms with van der Waals surface area (Å²) >= 11 is 0. The van der Waals surface area contributed by atoms with Crippen LogP contribution in [0.3, 0.4) is 0 Å². The van der Waals surface area contributed by atoms with E-state index < -0.39 is 5.97 Å². The van der Waals surface area contributed by atoms with Crippen LogP contribution in [0.5, 0.6) is 0 Å². The smallest absolute Gasteiger partial charge is 0.306 e. The van der Waals surface area contributed by atoms with Gasteiger partial charge < -0.3 is 9.84 Å². The summed E-state index contributed by atoms with van der Waals surface area (Å²) in [6, 6.07) is 0. The number of hydrogen-bond acceptors (Lipinski definition) is 2. The van der Waals surface area contributed by atoms with E-state index in [2.05, 4.69) is 20.8 Å². The molecule has 3 heteroatoms. The largest absolute Gasteiger partial charge is 0.481 e. The average molecular weight is 256 g/mol. The Morgan fingerprint density at radius 1 is 1.33 bits per heavy atom. The Morgan fingerprint density at radius 2 is 2.00 bits per heavy atom. The van der Waals surface area contributed by atoms with Gasteiger partial charge in [-0.25, -0.2) is 0 Å². The van der Waals surface area contributed by atoms with Crippen LogP contribution < -0.4 is 0 Å². The van der Waals surface area contributed by atoms with E-state index in [1.807, 2.05) is 0 Å². The van der Waals surface area contributed by atoms with Crippen molar-refractivity contribution in [1.82, 2.24) is 0 Å². The molecule has 1 aliphatic rings. The molecule has 1 aliphatic carbocycles. The molecule has 0 aromatic carbocycles. The molecule has 0 aliphatic heterocycles. The number of hydrogen-bond donors (Lipinski definition) is 1. The molecular formula is C15H28O3. The van der Waals surface area contributed by atoms with E-state index in [1.165, 1.54) is 0 Å². The highest BCUT2D eigenvalue weighted by molar-refractivity contribution is 5.70. The van der Waals surface area contributed by atoms with E-state index in [9.17, 15) is 9.90 Å². The van der Waals surface area contributed by atoms with Crippen LogP contribution in [0.1, 0.15) is 46.5 Å². The Kier molecular flexibility index (Phi) is 6.13. The minimum Gasteiger partial charge on any atom is -0.481 e. The molecule has 0 bridgehead atoms. The summed E-state index contributed by atoms with van der Waals surface area (Å²) in [4.78, 5) is 11.4. The van der Waals surface area contributed by atoms with Gasteiger partial charge in [-0.15, -0.1) is 0 Å².